The number of aromatic nitrogens is 2. The van der Waals surface area contributed by atoms with Crippen molar-refractivity contribution in [2.75, 3.05) is 0 Å². The molecule has 1 aliphatic heterocycles. The van der Waals surface area contributed by atoms with E-state index in [-0.39, 0.29) is 24.8 Å². The highest BCUT2D eigenvalue weighted by Crippen LogP contribution is 2.37. The molecule has 3 heterocycles. The molecule has 1 atom stereocenters. The number of carbonyl (C=O) groups is 2. The molecule has 5 rings (SSSR count). The lowest BCUT2D eigenvalue weighted by Gasteiger charge is -2.21. The van der Waals surface area contributed by atoms with Crippen LogP contribution in [-0.4, -0.2) is 37.7 Å². The fraction of sp³-hybridized carbons (Fsp3) is 0.148. The second-order valence-electron chi connectivity index (χ2n) is 8.44. The Kier molecular flexibility index (Phi) is 6.35. The number of carboxylic acid groups (broad SMARTS) is 1. The summed E-state index contributed by atoms with van der Waals surface area (Å²) in [5, 5.41) is 16.3. The molecule has 180 valence electrons. The van der Waals surface area contributed by atoms with Crippen LogP contribution in [0.15, 0.2) is 83.0 Å². The normalized spacial score (nSPS) is 15.2. The van der Waals surface area contributed by atoms with Gasteiger partial charge in [0.2, 0.25) is 5.91 Å². The summed E-state index contributed by atoms with van der Waals surface area (Å²) in [4.78, 5) is 44.7. The Bertz CT molecular complexity index is 1550. The Labute approximate surface area is 210 Å². The number of pyridine rings is 2. The number of hydrazone groups is 1. The van der Waals surface area contributed by atoms with Gasteiger partial charge in [0.15, 0.2) is 0 Å². The van der Waals surface area contributed by atoms with Gasteiger partial charge in [-0.05, 0) is 35.4 Å². The van der Waals surface area contributed by atoms with E-state index in [0.29, 0.717) is 27.4 Å². The van der Waals surface area contributed by atoms with Gasteiger partial charge in [0, 0.05) is 46.7 Å². The van der Waals surface area contributed by atoms with E-state index in [2.05, 4.69) is 15.1 Å². The van der Waals surface area contributed by atoms with Gasteiger partial charge < -0.3 is 10.1 Å². The van der Waals surface area contributed by atoms with Crippen molar-refractivity contribution in [1.82, 2.24) is 15.0 Å². The van der Waals surface area contributed by atoms with Crippen LogP contribution in [0.3, 0.4) is 0 Å². The first-order chi connectivity index (χ1) is 17.4. The third-order valence-electron chi connectivity index (χ3n) is 6.13. The summed E-state index contributed by atoms with van der Waals surface area (Å²) < 4.78 is 0. The van der Waals surface area contributed by atoms with Gasteiger partial charge in [-0.3, -0.25) is 19.4 Å². The molecule has 0 bridgehead atoms. The Balaban J connectivity index is 1.68. The van der Waals surface area contributed by atoms with Crippen molar-refractivity contribution < 1.29 is 14.7 Å². The number of nitrogens with one attached hydrogen (secondary N) is 1. The second-order valence-corrected chi connectivity index (χ2v) is 8.88. The second kappa shape index (κ2) is 9.75. The van der Waals surface area contributed by atoms with Crippen LogP contribution in [-0.2, 0) is 9.59 Å². The number of aromatic amines is 1. The molecule has 1 amide bonds. The summed E-state index contributed by atoms with van der Waals surface area (Å²) in [6.07, 6.45) is 3.02. The molecule has 2 aromatic carbocycles. The van der Waals surface area contributed by atoms with E-state index in [1.807, 2.05) is 42.5 Å². The number of hydrogen-bond acceptors (Lipinski definition) is 5. The summed E-state index contributed by atoms with van der Waals surface area (Å²) in [5.74, 6) is -1.51. The van der Waals surface area contributed by atoms with Crippen LogP contribution in [0.4, 0.5) is 0 Å². The van der Waals surface area contributed by atoms with Crippen LogP contribution in [0.1, 0.15) is 36.4 Å². The Morgan fingerprint density at radius 2 is 1.81 bits per heavy atom. The molecule has 0 fully saturated rings. The highest BCUT2D eigenvalue weighted by atomic mass is 35.5. The molecule has 0 aliphatic carbocycles. The van der Waals surface area contributed by atoms with E-state index in [9.17, 15) is 14.4 Å². The van der Waals surface area contributed by atoms with Gasteiger partial charge in [0.25, 0.3) is 5.56 Å². The quantitative estimate of drug-likeness (QED) is 0.395. The predicted molar refractivity (Wildman–Crippen MR) is 137 cm³/mol. The molecular formula is C27H21ClN4O4. The Morgan fingerprint density at radius 3 is 2.53 bits per heavy atom. The first-order valence-corrected chi connectivity index (χ1v) is 11.7. The molecule has 2 N–H and O–H groups in total. The molecule has 1 aliphatic rings. The van der Waals surface area contributed by atoms with Crippen molar-refractivity contribution in [2.24, 2.45) is 5.10 Å². The zero-order chi connectivity index (χ0) is 25.2. The van der Waals surface area contributed by atoms with Crippen molar-refractivity contribution in [1.29, 1.82) is 0 Å². The number of nitrogens with zero attached hydrogens (tertiary/aromatic N) is 3. The molecule has 0 saturated heterocycles. The zero-order valence-corrected chi connectivity index (χ0v) is 19.8. The van der Waals surface area contributed by atoms with Gasteiger partial charge >= 0.3 is 5.97 Å². The van der Waals surface area contributed by atoms with E-state index < -0.39 is 17.9 Å². The van der Waals surface area contributed by atoms with Gasteiger partial charge in [0.05, 0.1) is 23.7 Å². The predicted octanol–water partition coefficient (Wildman–Crippen LogP) is 4.79. The lowest BCUT2D eigenvalue weighted by atomic mass is 9.91. The number of rotatable bonds is 6. The summed E-state index contributed by atoms with van der Waals surface area (Å²) >= 11 is 6.12. The maximum atomic E-state index is 13.5. The van der Waals surface area contributed by atoms with Gasteiger partial charge in [-0.2, -0.15) is 5.10 Å². The van der Waals surface area contributed by atoms with Crippen molar-refractivity contribution >= 4 is 40.1 Å². The minimum absolute atomic E-state index is 0.207. The van der Waals surface area contributed by atoms with Crippen molar-refractivity contribution in [3.05, 3.63) is 99.6 Å². The van der Waals surface area contributed by atoms with Crippen molar-refractivity contribution in [3.8, 4) is 11.1 Å². The lowest BCUT2D eigenvalue weighted by molar-refractivity contribution is -0.141. The highest BCUT2D eigenvalue weighted by molar-refractivity contribution is 6.30. The molecular weight excluding hydrogens is 480 g/mol. The molecule has 0 saturated carbocycles. The Morgan fingerprint density at radius 1 is 1.03 bits per heavy atom. The van der Waals surface area contributed by atoms with Crippen LogP contribution in [0.2, 0.25) is 5.02 Å². The average molecular weight is 501 g/mol. The minimum Gasteiger partial charge on any atom is -0.481 e. The zero-order valence-electron chi connectivity index (χ0n) is 19.0. The summed E-state index contributed by atoms with van der Waals surface area (Å²) in [6.45, 7) is 0. The average Bonchev–Trinajstić information content (AvgIpc) is 3.32. The van der Waals surface area contributed by atoms with Gasteiger partial charge in [-0.25, -0.2) is 5.01 Å². The number of amides is 1. The SMILES string of the molecule is O=C(O)CCC(=O)N1N=C(c2c(-c3ccc(Cl)cc3)c3ccccc3[nH]c2=O)C[C@H]1c1cccnc1. The van der Waals surface area contributed by atoms with Gasteiger partial charge in [-0.1, -0.05) is 48.0 Å². The van der Waals surface area contributed by atoms with Crippen molar-refractivity contribution in [2.45, 2.75) is 25.3 Å². The number of aliphatic carboxylic acids is 1. The number of para-hydroxylation sites is 1. The largest absolute Gasteiger partial charge is 0.481 e. The molecule has 0 unspecified atom stereocenters. The molecule has 36 heavy (non-hydrogen) atoms. The number of benzene rings is 2. The maximum absolute atomic E-state index is 13.5. The van der Waals surface area contributed by atoms with Crippen LogP contribution in [0.5, 0.6) is 0 Å². The van der Waals surface area contributed by atoms with E-state index in [4.69, 9.17) is 16.7 Å². The first-order valence-electron chi connectivity index (χ1n) is 11.3. The first kappa shape index (κ1) is 23.4. The lowest BCUT2D eigenvalue weighted by Crippen LogP contribution is -2.27. The van der Waals surface area contributed by atoms with Crippen LogP contribution < -0.4 is 5.56 Å². The van der Waals surface area contributed by atoms with E-state index in [1.165, 1.54) is 5.01 Å². The highest BCUT2D eigenvalue weighted by Gasteiger charge is 2.35. The van der Waals surface area contributed by atoms with Crippen LogP contribution in [0, 0.1) is 0 Å². The monoisotopic (exact) mass is 500 g/mol. The van der Waals surface area contributed by atoms with E-state index in [0.717, 1.165) is 16.5 Å². The van der Waals surface area contributed by atoms with E-state index in [1.54, 1.807) is 30.6 Å². The molecule has 9 heteroatoms. The third kappa shape index (κ3) is 4.50. The Hall–Kier alpha value is -4.30. The smallest absolute Gasteiger partial charge is 0.303 e. The maximum Gasteiger partial charge on any atom is 0.303 e. The molecule has 8 nitrogen and oxygen atoms in total. The summed E-state index contributed by atoms with van der Waals surface area (Å²) in [7, 11) is 0. The fourth-order valence-corrected chi connectivity index (χ4v) is 4.61. The molecule has 0 radical (unpaired) electrons. The molecule has 2 aromatic heterocycles. The number of carboxylic acids is 1. The van der Waals surface area contributed by atoms with E-state index >= 15 is 0 Å². The van der Waals surface area contributed by atoms with Gasteiger partial charge in [0.1, 0.15) is 0 Å². The molecule has 4 aromatic rings. The standard InChI is InChI=1S/C27H21ClN4O4/c28-18-9-7-16(8-10-18)25-19-5-1-2-6-20(19)30-27(36)26(25)21-14-22(17-4-3-13-29-15-17)32(31-21)23(33)11-12-24(34)35/h1-10,13,15,22H,11-12,14H2,(H,30,36)(H,34,35)/t22-/m0/s1. The number of fused-ring (bicyclic) bond motifs is 1. The molecule has 0 spiro atoms. The summed E-state index contributed by atoms with van der Waals surface area (Å²) in [6, 6.07) is 17.8. The third-order valence-corrected chi connectivity index (χ3v) is 6.38. The van der Waals surface area contributed by atoms with Crippen molar-refractivity contribution in [3.63, 3.8) is 0 Å². The number of H-pyrrole nitrogens is 1. The fourth-order valence-electron chi connectivity index (χ4n) is 4.49. The topological polar surface area (TPSA) is 116 Å². The van der Waals surface area contributed by atoms with Crippen LogP contribution >= 0.6 is 11.6 Å². The number of carbonyl (C=O) groups excluding carboxylic acids is 1. The summed E-state index contributed by atoms with van der Waals surface area (Å²) in [5.41, 5.74) is 3.35. The van der Waals surface area contributed by atoms with Gasteiger partial charge in [-0.15, -0.1) is 0 Å². The van der Waals surface area contributed by atoms with Crippen LogP contribution in [0.25, 0.3) is 22.0 Å². The minimum atomic E-state index is -1.07. The number of hydrogen-bond donors (Lipinski definition) is 2. The number of halogens is 1.